The van der Waals surface area contributed by atoms with Crippen LogP contribution in [0.4, 0.5) is 5.82 Å². The van der Waals surface area contributed by atoms with E-state index in [1.54, 1.807) is 0 Å². The lowest BCUT2D eigenvalue weighted by atomic mass is 10.1. The first-order chi connectivity index (χ1) is 6.66. The maximum atomic E-state index is 5.82. The molecule has 0 aliphatic heterocycles. The molecule has 3 N–H and O–H groups in total. The molecule has 2 rings (SSSR count). The lowest BCUT2D eigenvalue weighted by Gasteiger charge is -2.11. The number of pyridine rings is 1. The molecule has 76 valence electrons. The van der Waals surface area contributed by atoms with E-state index < -0.39 is 0 Å². The molecular weight excluding hydrogens is 174 g/mol. The molecule has 0 amide bonds. The van der Waals surface area contributed by atoms with Crippen molar-refractivity contribution in [3.05, 3.63) is 23.4 Å². The molecule has 1 aromatic heterocycles. The summed E-state index contributed by atoms with van der Waals surface area (Å²) in [5.41, 5.74) is 8.17. The number of rotatable bonds is 3. The van der Waals surface area contributed by atoms with Crippen LogP contribution in [-0.4, -0.2) is 11.0 Å². The number of nitrogens with zero attached hydrogens (tertiary/aromatic N) is 1. The largest absolute Gasteiger partial charge is 0.367 e. The molecule has 1 atom stereocenters. The lowest BCUT2D eigenvalue weighted by molar-refractivity contribution is 0.803. The second-order valence-electron chi connectivity index (χ2n) is 4.13. The van der Waals surface area contributed by atoms with Crippen LogP contribution in [0.15, 0.2) is 12.3 Å². The van der Waals surface area contributed by atoms with Gasteiger partial charge in [0.15, 0.2) is 0 Å². The van der Waals surface area contributed by atoms with E-state index in [9.17, 15) is 0 Å². The van der Waals surface area contributed by atoms with Crippen LogP contribution in [0.1, 0.15) is 36.9 Å². The number of nitrogens with one attached hydrogen (secondary N) is 1. The van der Waals surface area contributed by atoms with E-state index in [0.717, 1.165) is 11.4 Å². The van der Waals surface area contributed by atoms with Crippen molar-refractivity contribution in [1.82, 2.24) is 4.98 Å². The van der Waals surface area contributed by atoms with E-state index in [4.69, 9.17) is 5.73 Å². The first kappa shape index (κ1) is 9.46. The van der Waals surface area contributed by atoms with Gasteiger partial charge in [-0.15, -0.1) is 0 Å². The number of aromatic nitrogens is 1. The fraction of sp³-hybridized carbons (Fsp3) is 0.545. The van der Waals surface area contributed by atoms with Crippen LogP contribution in [0, 0.1) is 6.92 Å². The van der Waals surface area contributed by atoms with E-state index >= 15 is 0 Å². The smallest absolute Gasteiger partial charge is 0.126 e. The highest BCUT2D eigenvalue weighted by atomic mass is 15.0. The van der Waals surface area contributed by atoms with Crippen molar-refractivity contribution in [2.24, 2.45) is 5.73 Å². The maximum Gasteiger partial charge on any atom is 0.126 e. The molecule has 1 fully saturated rings. The van der Waals surface area contributed by atoms with E-state index in [2.05, 4.69) is 23.3 Å². The predicted molar refractivity (Wildman–Crippen MR) is 58.2 cm³/mol. The van der Waals surface area contributed by atoms with Crippen LogP contribution in [0.3, 0.4) is 0 Å². The van der Waals surface area contributed by atoms with Gasteiger partial charge in [0.05, 0.1) is 0 Å². The molecule has 1 aliphatic carbocycles. The zero-order chi connectivity index (χ0) is 10.1. The quantitative estimate of drug-likeness (QED) is 0.768. The van der Waals surface area contributed by atoms with Gasteiger partial charge >= 0.3 is 0 Å². The Bertz CT molecular complexity index is 329. The molecule has 1 unspecified atom stereocenters. The third kappa shape index (κ3) is 2.04. The van der Waals surface area contributed by atoms with Gasteiger partial charge < -0.3 is 11.1 Å². The number of nitrogens with two attached hydrogens (primary N) is 1. The standard InChI is InChI=1S/C11H17N3/c1-7-5-11(14-9-3-4-9)13-6-10(7)8(2)12/h5-6,8-9H,3-4,12H2,1-2H3,(H,13,14). The molecule has 14 heavy (non-hydrogen) atoms. The number of hydrogen-bond donors (Lipinski definition) is 2. The summed E-state index contributed by atoms with van der Waals surface area (Å²) < 4.78 is 0. The summed E-state index contributed by atoms with van der Waals surface area (Å²) in [4.78, 5) is 4.35. The minimum atomic E-state index is 0.0671. The molecule has 3 heteroatoms. The average Bonchev–Trinajstić information content (AvgIpc) is 2.87. The molecule has 0 bridgehead atoms. The van der Waals surface area contributed by atoms with Crippen LogP contribution in [0.5, 0.6) is 0 Å². The van der Waals surface area contributed by atoms with Gasteiger partial charge in [0.25, 0.3) is 0 Å². The average molecular weight is 191 g/mol. The Labute approximate surface area is 84.7 Å². The molecule has 3 nitrogen and oxygen atoms in total. The Morgan fingerprint density at radius 1 is 1.57 bits per heavy atom. The Kier molecular flexibility index (Phi) is 2.42. The third-order valence-electron chi connectivity index (χ3n) is 2.57. The van der Waals surface area contributed by atoms with Crippen molar-refractivity contribution in [2.75, 3.05) is 5.32 Å². The summed E-state index contributed by atoms with van der Waals surface area (Å²) in [5, 5.41) is 3.37. The van der Waals surface area contributed by atoms with Crippen molar-refractivity contribution in [3.63, 3.8) is 0 Å². The first-order valence-corrected chi connectivity index (χ1v) is 5.15. The van der Waals surface area contributed by atoms with Crippen LogP contribution in [0.25, 0.3) is 0 Å². The SMILES string of the molecule is Cc1cc(NC2CC2)ncc1C(C)N. The highest BCUT2D eigenvalue weighted by Gasteiger charge is 2.21. The zero-order valence-corrected chi connectivity index (χ0v) is 8.75. The summed E-state index contributed by atoms with van der Waals surface area (Å²) in [5.74, 6) is 0.981. The maximum absolute atomic E-state index is 5.82. The number of anilines is 1. The van der Waals surface area contributed by atoms with Gasteiger partial charge in [-0.1, -0.05) is 0 Å². The Morgan fingerprint density at radius 2 is 2.29 bits per heavy atom. The van der Waals surface area contributed by atoms with Crippen molar-refractivity contribution >= 4 is 5.82 Å². The predicted octanol–water partition coefficient (Wildman–Crippen LogP) is 1.98. The van der Waals surface area contributed by atoms with E-state index in [-0.39, 0.29) is 6.04 Å². The van der Waals surface area contributed by atoms with E-state index in [0.29, 0.717) is 6.04 Å². The van der Waals surface area contributed by atoms with Gasteiger partial charge in [0.1, 0.15) is 5.82 Å². The van der Waals surface area contributed by atoms with Crippen LogP contribution in [0.2, 0.25) is 0 Å². The van der Waals surface area contributed by atoms with Gasteiger partial charge in [-0.05, 0) is 43.9 Å². The van der Waals surface area contributed by atoms with Crippen molar-refractivity contribution < 1.29 is 0 Å². The Balaban J connectivity index is 2.16. The molecule has 0 aromatic carbocycles. The van der Waals surface area contributed by atoms with E-state index in [1.165, 1.54) is 18.4 Å². The Morgan fingerprint density at radius 3 is 2.79 bits per heavy atom. The number of aryl methyl sites for hydroxylation is 1. The van der Waals surface area contributed by atoms with Crippen molar-refractivity contribution in [1.29, 1.82) is 0 Å². The second kappa shape index (κ2) is 3.58. The number of hydrogen-bond acceptors (Lipinski definition) is 3. The molecular formula is C11H17N3. The summed E-state index contributed by atoms with van der Waals surface area (Å²) in [6, 6.07) is 2.80. The normalized spacial score (nSPS) is 17.9. The topological polar surface area (TPSA) is 50.9 Å². The molecule has 1 aliphatic rings. The highest BCUT2D eigenvalue weighted by Crippen LogP contribution is 2.25. The van der Waals surface area contributed by atoms with Crippen molar-refractivity contribution in [2.45, 2.75) is 38.8 Å². The zero-order valence-electron chi connectivity index (χ0n) is 8.75. The minimum absolute atomic E-state index is 0.0671. The second-order valence-corrected chi connectivity index (χ2v) is 4.13. The van der Waals surface area contributed by atoms with E-state index in [1.807, 2.05) is 13.1 Å². The fourth-order valence-corrected chi connectivity index (χ4v) is 1.56. The lowest BCUT2D eigenvalue weighted by Crippen LogP contribution is -2.09. The molecule has 0 saturated heterocycles. The van der Waals surface area contributed by atoms with Gasteiger partial charge in [0, 0.05) is 18.3 Å². The summed E-state index contributed by atoms with van der Waals surface area (Å²) in [6.07, 6.45) is 4.43. The molecule has 1 aromatic rings. The van der Waals surface area contributed by atoms with Gasteiger partial charge in [0.2, 0.25) is 0 Å². The van der Waals surface area contributed by atoms with Gasteiger partial charge in [-0.2, -0.15) is 0 Å². The van der Waals surface area contributed by atoms with Gasteiger partial charge in [-0.25, -0.2) is 4.98 Å². The van der Waals surface area contributed by atoms with Crippen molar-refractivity contribution in [3.8, 4) is 0 Å². The molecule has 1 saturated carbocycles. The third-order valence-corrected chi connectivity index (χ3v) is 2.57. The minimum Gasteiger partial charge on any atom is -0.367 e. The fourth-order valence-electron chi connectivity index (χ4n) is 1.56. The molecule has 1 heterocycles. The van der Waals surface area contributed by atoms with Gasteiger partial charge in [-0.3, -0.25) is 0 Å². The molecule has 0 spiro atoms. The van der Waals surface area contributed by atoms with Crippen LogP contribution < -0.4 is 11.1 Å². The molecule has 0 radical (unpaired) electrons. The van der Waals surface area contributed by atoms with Crippen LogP contribution in [-0.2, 0) is 0 Å². The monoisotopic (exact) mass is 191 g/mol. The summed E-state index contributed by atoms with van der Waals surface area (Å²) >= 11 is 0. The highest BCUT2D eigenvalue weighted by molar-refractivity contribution is 5.43. The summed E-state index contributed by atoms with van der Waals surface area (Å²) in [7, 11) is 0. The summed E-state index contributed by atoms with van der Waals surface area (Å²) in [6.45, 7) is 4.07. The first-order valence-electron chi connectivity index (χ1n) is 5.15. The van der Waals surface area contributed by atoms with Crippen LogP contribution >= 0.6 is 0 Å². The Hall–Kier alpha value is -1.09.